The zero-order valence-electron chi connectivity index (χ0n) is 20.8. The molecule has 0 radical (unpaired) electrons. The van der Waals surface area contributed by atoms with Crippen LogP contribution < -0.4 is 10.9 Å². The largest absolute Gasteiger partial charge is 0.388 e. The number of hydrogen-bond donors (Lipinski definition) is 2. The Labute approximate surface area is 216 Å². The molecule has 2 amide bonds. The van der Waals surface area contributed by atoms with Gasteiger partial charge in [0.25, 0.3) is 11.5 Å². The molecule has 2 aliphatic rings. The lowest BCUT2D eigenvalue weighted by Gasteiger charge is -2.38. The fraction of sp³-hybridized carbons (Fsp3) is 0.385. The average Bonchev–Trinajstić information content (AvgIpc) is 3.55. The summed E-state index contributed by atoms with van der Waals surface area (Å²) in [5, 5.41) is 22.2. The van der Waals surface area contributed by atoms with Gasteiger partial charge >= 0.3 is 0 Å². The van der Waals surface area contributed by atoms with Gasteiger partial charge in [0, 0.05) is 30.6 Å². The third-order valence-electron chi connectivity index (χ3n) is 7.17. The van der Waals surface area contributed by atoms with Crippen molar-refractivity contribution in [1.29, 1.82) is 0 Å². The summed E-state index contributed by atoms with van der Waals surface area (Å²) in [5.41, 5.74) is -0.150. The number of aryl methyl sites for hydroxylation is 1. The minimum atomic E-state index is -1.10. The van der Waals surface area contributed by atoms with Gasteiger partial charge in [0.2, 0.25) is 5.91 Å². The molecule has 1 saturated heterocycles. The van der Waals surface area contributed by atoms with E-state index in [1.807, 2.05) is 4.90 Å². The first-order valence-electron chi connectivity index (χ1n) is 12.6. The third-order valence-corrected chi connectivity index (χ3v) is 7.17. The van der Waals surface area contributed by atoms with Gasteiger partial charge in [-0.05, 0) is 50.8 Å². The summed E-state index contributed by atoms with van der Waals surface area (Å²) in [6, 6.07) is 8.38. The van der Waals surface area contributed by atoms with Gasteiger partial charge in [0.15, 0.2) is 11.5 Å². The van der Waals surface area contributed by atoms with Gasteiger partial charge in [-0.3, -0.25) is 19.0 Å². The monoisotopic (exact) mass is 517 g/mol. The summed E-state index contributed by atoms with van der Waals surface area (Å²) in [6.07, 6.45) is 5.55. The Morgan fingerprint density at radius 1 is 1.21 bits per heavy atom. The number of rotatable bonds is 6. The first-order valence-corrected chi connectivity index (χ1v) is 12.6. The number of aliphatic hydroxyl groups is 1. The summed E-state index contributed by atoms with van der Waals surface area (Å²) in [6.45, 7) is 2.78. The van der Waals surface area contributed by atoms with Crippen LogP contribution in [0.25, 0.3) is 16.7 Å². The summed E-state index contributed by atoms with van der Waals surface area (Å²) in [5.74, 6) is 0.848. The molecule has 3 aromatic heterocycles. The van der Waals surface area contributed by atoms with Crippen LogP contribution in [0.5, 0.6) is 0 Å². The van der Waals surface area contributed by atoms with Crippen LogP contribution in [0.1, 0.15) is 41.8 Å². The smallest absolute Gasteiger partial charge is 0.264 e. The first-order chi connectivity index (χ1) is 18.3. The van der Waals surface area contributed by atoms with Gasteiger partial charge in [-0.1, -0.05) is 11.2 Å². The highest BCUT2D eigenvalue weighted by Crippen LogP contribution is 2.33. The average molecular weight is 518 g/mol. The number of hydrogen-bond acceptors (Lipinski definition) is 8. The molecular formula is C26H27N7O5. The molecule has 1 aliphatic heterocycles. The molecule has 38 heavy (non-hydrogen) atoms. The molecule has 2 N–H and O–H groups in total. The van der Waals surface area contributed by atoms with Crippen LogP contribution in [0.4, 0.5) is 5.82 Å². The number of anilines is 1. The predicted molar refractivity (Wildman–Crippen MR) is 136 cm³/mol. The Morgan fingerprint density at radius 2 is 2.00 bits per heavy atom. The Morgan fingerprint density at radius 3 is 2.71 bits per heavy atom. The molecule has 1 aliphatic carbocycles. The van der Waals surface area contributed by atoms with Gasteiger partial charge in [-0.15, -0.1) is 0 Å². The van der Waals surface area contributed by atoms with Crippen molar-refractivity contribution in [3.63, 3.8) is 0 Å². The van der Waals surface area contributed by atoms with Crippen molar-refractivity contribution >= 4 is 28.7 Å². The van der Waals surface area contributed by atoms with Crippen LogP contribution in [0.15, 0.2) is 52.2 Å². The van der Waals surface area contributed by atoms with Crippen molar-refractivity contribution in [2.45, 2.75) is 44.8 Å². The van der Waals surface area contributed by atoms with E-state index in [4.69, 9.17) is 4.52 Å². The number of benzene rings is 1. The minimum Gasteiger partial charge on any atom is -0.388 e. The minimum absolute atomic E-state index is 0.0859. The number of aromatic nitrogens is 5. The SMILES string of the molecule is Cc1cc(NC(=O)c2cccc(-n3ncc4c(=O)n(CC5(O)CCN(C(=O)C6CC6)CC5)cnc43)c2)no1. The second kappa shape index (κ2) is 9.21. The molecule has 1 saturated carbocycles. The van der Waals surface area contributed by atoms with Crippen molar-refractivity contribution in [3.05, 3.63) is 64.5 Å². The maximum Gasteiger partial charge on any atom is 0.264 e. The zero-order chi connectivity index (χ0) is 26.4. The fourth-order valence-electron chi connectivity index (χ4n) is 4.85. The van der Waals surface area contributed by atoms with Gasteiger partial charge < -0.3 is 19.8 Å². The van der Waals surface area contributed by atoms with E-state index < -0.39 is 5.60 Å². The molecule has 0 bridgehead atoms. The molecule has 6 rings (SSSR count). The molecule has 0 atom stereocenters. The van der Waals surface area contributed by atoms with Crippen LogP contribution in [-0.4, -0.2) is 65.0 Å². The van der Waals surface area contributed by atoms with Crippen LogP contribution in [0.3, 0.4) is 0 Å². The number of carbonyl (C=O) groups excluding carboxylic acids is 2. The summed E-state index contributed by atoms with van der Waals surface area (Å²) in [7, 11) is 0. The predicted octanol–water partition coefficient (Wildman–Crippen LogP) is 1.89. The lowest BCUT2D eigenvalue weighted by molar-refractivity contribution is -0.137. The van der Waals surface area contributed by atoms with Crippen molar-refractivity contribution in [3.8, 4) is 5.69 Å². The van der Waals surface area contributed by atoms with E-state index >= 15 is 0 Å². The number of piperidine rings is 1. The zero-order valence-corrected chi connectivity index (χ0v) is 20.8. The standard InChI is InChI=1S/C26H27N7O5/c1-16-11-21(30-38-16)29-23(34)18-3-2-4-19(12-18)33-22-20(13-28-33)25(36)32(15-27-22)14-26(37)7-9-31(10-8-26)24(35)17-5-6-17/h2-4,11-13,15,17,37H,5-10,14H2,1H3,(H,29,30,34). The Bertz CT molecular complexity index is 1590. The lowest BCUT2D eigenvalue weighted by Crippen LogP contribution is -2.50. The number of amides is 2. The number of nitrogens with one attached hydrogen (secondary N) is 1. The normalized spacial score (nSPS) is 17.1. The summed E-state index contributed by atoms with van der Waals surface area (Å²) < 4.78 is 7.88. The highest BCUT2D eigenvalue weighted by Gasteiger charge is 2.39. The van der Waals surface area contributed by atoms with Crippen LogP contribution in [-0.2, 0) is 11.3 Å². The molecule has 4 aromatic rings. The number of likely N-dealkylation sites (tertiary alicyclic amines) is 1. The van der Waals surface area contributed by atoms with Crippen LogP contribution in [0, 0.1) is 12.8 Å². The van der Waals surface area contributed by atoms with Crippen molar-refractivity contribution < 1.29 is 19.2 Å². The molecule has 0 spiro atoms. The molecular weight excluding hydrogens is 490 g/mol. The van der Waals surface area contributed by atoms with E-state index in [-0.39, 0.29) is 29.8 Å². The topological polar surface area (TPSA) is 148 Å². The molecule has 1 aromatic carbocycles. The Kier molecular flexibility index (Phi) is 5.83. The number of carbonyl (C=O) groups is 2. The second-order valence-electron chi connectivity index (χ2n) is 10.1. The van der Waals surface area contributed by atoms with Gasteiger partial charge in [0.1, 0.15) is 17.5 Å². The second-order valence-corrected chi connectivity index (χ2v) is 10.1. The molecule has 2 fully saturated rings. The van der Waals surface area contributed by atoms with E-state index in [2.05, 4.69) is 20.6 Å². The van der Waals surface area contributed by atoms with Crippen LogP contribution in [0.2, 0.25) is 0 Å². The number of nitrogens with zero attached hydrogens (tertiary/aromatic N) is 6. The summed E-state index contributed by atoms with van der Waals surface area (Å²) in [4.78, 5) is 44.5. The fourth-order valence-corrected chi connectivity index (χ4v) is 4.85. The Hall–Kier alpha value is -4.32. The van der Waals surface area contributed by atoms with Crippen molar-refractivity contribution in [1.82, 2.24) is 29.4 Å². The molecule has 12 nitrogen and oxygen atoms in total. The quantitative estimate of drug-likeness (QED) is 0.394. The lowest BCUT2D eigenvalue weighted by atomic mass is 9.91. The van der Waals surface area contributed by atoms with E-state index in [0.717, 1.165) is 12.8 Å². The Balaban J connectivity index is 1.20. The molecule has 196 valence electrons. The molecule has 12 heteroatoms. The van der Waals surface area contributed by atoms with Crippen molar-refractivity contribution in [2.24, 2.45) is 5.92 Å². The highest BCUT2D eigenvalue weighted by atomic mass is 16.5. The van der Waals surface area contributed by atoms with Crippen LogP contribution >= 0.6 is 0 Å². The van der Waals surface area contributed by atoms with Crippen molar-refractivity contribution in [2.75, 3.05) is 18.4 Å². The van der Waals surface area contributed by atoms with E-state index in [1.54, 1.807) is 37.3 Å². The van der Waals surface area contributed by atoms with E-state index in [0.29, 0.717) is 59.8 Å². The van der Waals surface area contributed by atoms with Gasteiger partial charge in [0.05, 0.1) is 24.0 Å². The maximum atomic E-state index is 13.3. The molecule has 4 heterocycles. The van der Waals surface area contributed by atoms with Gasteiger partial charge in [-0.25, -0.2) is 9.67 Å². The molecule has 0 unspecified atom stereocenters. The maximum absolute atomic E-state index is 13.3. The third kappa shape index (κ3) is 4.58. The number of fused-ring (bicyclic) bond motifs is 1. The van der Waals surface area contributed by atoms with E-state index in [1.165, 1.54) is 21.8 Å². The van der Waals surface area contributed by atoms with E-state index in [9.17, 15) is 19.5 Å². The first kappa shape index (κ1) is 24.0. The highest BCUT2D eigenvalue weighted by molar-refractivity contribution is 6.04. The van der Waals surface area contributed by atoms with Gasteiger partial charge in [-0.2, -0.15) is 5.10 Å². The summed E-state index contributed by atoms with van der Waals surface area (Å²) >= 11 is 0.